The van der Waals surface area contributed by atoms with E-state index in [9.17, 15) is 24.5 Å². The summed E-state index contributed by atoms with van der Waals surface area (Å²) < 4.78 is 0.438. The fourth-order valence-corrected chi connectivity index (χ4v) is 4.40. The number of thioether (sulfide) groups is 1. The van der Waals surface area contributed by atoms with Crippen molar-refractivity contribution in [2.24, 2.45) is 0 Å². The van der Waals surface area contributed by atoms with Crippen LogP contribution in [0.15, 0.2) is 53.4 Å². The molecule has 2 N–H and O–H groups in total. The molecule has 11 heteroatoms. The summed E-state index contributed by atoms with van der Waals surface area (Å²) in [4.78, 5) is 48.9. The lowest BCUT2D eigenvalue weighted by atomic mass is 10.1. The van der Waals surface area contributed by atoms with Crippen molar-refractivity contribution >= 4 is 57.8 Å². The molecule has 0 saturated carbocycles. The molecule has 0 spiro atoms. The maximum Gasteiger partial charge on any atom is 0.269 e. The molecule has 2 aromatic carbocycles. The molecule has 0 atom stereocenters. The number of nitro benzene ring substituents is 1. The molecule has 9 nitrogen and oxygen atoms in total. The van der Waals surface area contributed by atoms with Crippen molar-refractivity contribution in [2.75, 3.05) is 6.54 Å². The molecular weight excluding hydrogens is 476 g/mol. The Labute approximate surface area is 205 Å². The number of benzene rings is 2. The fraction of sp³-hybridized carbons (Fsp3) is 0.217. The van der Waals surface area contributed by atoms with Crippen LogP contribution >= 0.6 is 24.0 Å². The Morgan fingerprint density at radius 3 is 2.41 bits per heavy atom. The second kappa shape index (κ2) is 11.5. The lowest BCUT2D eigenvalue weighted by molar-refractivity contribution is -0.384. The average Bonchev–Trinajstić information content (AvgIpc) is 3.10. The Balaban J connectivity index is 1.45. The van der Waals surface area contributed by atoms with E-state index >= 15 is 0 Å². The highest BCUT2D eigenvalue weighted by Crippen LogP contribution is 2.32. The number of carbonyl (C=O) groups excluding carboxylic acids is 3. The Kier molecular flexibility index (Phi) is 8.50. The average molecular weight is 499 g/mol. The van der Waals surface area contributed by atoms with Gasteiger partial charge in [0.05, 0.1) is 9.83 Å². The number of nitrogens with zero attached hydrogens (tertiary/aromatic N) is 2. The standard InChI is InChI=1S/C23H22N4O5S2/c1-2-15-5-7-16(8-6-15)14-19-22(30)26(23(33)34-19)13-3-4-20(28)24-25-21(29)17-9-11-18(12-10-17)27(31)32/h5-12,14H,2-4,13H2,1H3,(H,24,28)(H,25,29)/b19-14+. The third kappa shape index (κ3) is 6.49. The van der Waals surface area contributed by atoms with Gasteiger partial charge in [-0.2, -0.15) is 0 Å². The highest BCUT2D eigenvalue weighted by Gasteiger charge is 2.31. The monoisotopic (exact) mass is 498 g/mol. The Morgan fingerprint density at radius 1 is 1.12 bits per heavy atom. The van der Waals surface area contributed by atoms with Crippen molar-refractivity contribution in [3.05, 3.63) is 80.2 Å². The lowest BCUT2D eigenvalue weighted by Crippen LogP contribution is -2.41. The number of thiocarbonyl (C=S) groups is 1. The van der Waals surface area contributed by atoms with Gasteiger partial charge in [-0.15, -0.1) is 0 Å². The van der Waals surface area contributed by atoms with Gasteiger partial charge in [-0.25, -0.2) is 0 Å². The summed E-state index contributed by atoms with van der Waals surface area (Å²) in [6, 6.07) is 12.9. The van der Waals surface area contributed by atoms with Gasteiger partial charge in [-0.3, -0.25) is 40.2 Å². The lowest BCUT2D eigenvalue weighted by Gasteiger charge is -2.14. The van der Waals surface area contributed by atoms with Crippen molar-refractivity contribution in [3.8, 4) is 0 Å². The molecule has 1 aliphatic rings. The van der Waals surface area contributed by atoms with Crippen molar-refractivity contribution in [1.82, 2.24) is 15.8 Å². The second-order valence-electron chi connectivity index (χ2n) is 7.34. The third-order valence-corrected chi connectivity index (χ3v) is 6.38. The van der Waals surface area contributed by atoms with Crippen LogP contribution in [0.3, 0.4) is 0 Å². The van der Waals surface area contributed by atoms with Gasteiger partial charge in [0.15, 0.2) is 0 Å². The molecule has 1 saturated heterocycles. The van der Waals surface area contributed by atoms with Crippen LogP contribution in [0.4, 0.5) is 5.69 Å². The number of carbonyl (C=O) groups is 3. The van der Waals surface area contributed by atoms with Crippen LogP contribution in [0.2, 0.25) is 0 Å². The van der Waals surface area contributed by atoms with Gasteiger partial charge in [0.1, 0.15) is 4.32 Å². The highest BCUT2D eigenvalue weighted by atomic mass is 32.2. The number of non-ortho nitro benzene ring substituents is 1. The summed E-state index contributed by atoms with van der Waals surface area (Å²) in [5.41, 5.74) is 6.71. The molecule has 2 aromatic rings. The number of nitro groups is 1. The minimum absolute atomic E-state index is 0.0646. The fourth-order valence-electron chi connectivity index (χ4n) is 3.09. The first kappa shape index (κ1) is 25.1. The van der Waals surface area contributed by atoms with Crippen molar-refractivity contribution < 1.29 is 19.3 Å². The van der Waals surface area contributed by atoms with Crippen LogP contribution in [-0.2, 0) is 16.0 Å². The third-order valence-electron chi connectivity index (χ3n) is 5.00. The number of aryl methyl sites for hydroxylation is 1. The molecule has 3 rings (SSSR count). The van der Waals surface area contributed by atoms with E-state index in [0.717, 1.165) is 12.0 Å². The van der Waals surface area contributed by atoms with E-state index in [0.29, 0.717) is 15.6 Å². The summed E-state index contributed by atoms with van der Waals surface area (Å²) in [5.74, 6) is -1.23. The molecule has 0 aliphatic carbocycles. The zero-order valence-electron chi connectivity index (χ0n) is 18.3. The number of nitrogens with one attached hydrogen (secondary N) is 2. The number of rotatable bonds is 8. The van der Waals surface area contributed by atoms with E-state index in [1.807, 2.05) is 24.3 Å². The van der Waals surface area contributed by atoms with E-state index in [1.165, 1.54) is 46.5 Å². The predicted molar refractivity (Wildman–Crippen MR) is 134 cm³/mol. The number of hydrazine groups is 1. The van der Waals surface area contributed by atoms with Gasteiger partial charge >= 0.3 is 0 Å². The van der Waals surface area contributed by atoms with Crippen LogP contribution in [0, 0.1) is 10.1 Å². The van der Waals surface area contributed by atoms with E-state index < -0.39 is 16.7 Å². The van der Waals surface area contributed by atoms with Gasteiger partial charge in [0.25, 0.3) is 17.5 Å². The first-order chi connectivity index (χ1) is 16.3. The molecule has 1 fully saturated rings. The molecular formula is C23H22N4O5S2. The van der Waals surface area contributed by atoms with E-state index in [1.54, 1.807) is 6.08 Å². The topological polar surface area (TPSA) is 122 Å². The summed E-state index contributed by atoms with van der Waals surface area (Å²) >= 11 is 6.55. The van der Waals surface area contributed by atoms with Crippen LogP contribution in [0.25, 0.3) is 6.08 Å². The first-order valence-electron chi connectivity index (χ1n) is 10.5. The zero-order valence-corrected chi connectivity index (χ0v) is 19.9. The highest BCUT2D eigenvalue weighted by molar-refractivity contribution is 8.26. The maximum atomic E-state index is 12.7. The van der Waals surface area contributed by atoms with Gasteiger partial charge < -0.3 is 0 Å². The molecule has 0 unspecified atom stereocenters. The Morgan fingerprint density at radius 2 is 1.79 bits per heavy atom. The molecule has 0 radical (unpaired) electrons. The Hall–Kier alpha value is -3.57. The minimum atomic E-state index is -0.600. The smallest absolute Gasteiger partial charge is 0.269 e. The van der Waals surface area contributed by atoms with Gasteiger partial charge in [0, 0.05) is 30.7 Å². The predicted octanol–water partition coefficient (Wildman–Crippen LogP) is 3.60. The summed E-state index contributed by atoms with van der Waals surface area (Å²) in [6.07, 6.45) is 3.16. The van der Waals surface area contributed by atoms with Crippen molar-refractivity contribution in [2.45, 2.75) is 26.2 Å². The molecule has 3 amide bonds. The molecule has 0 aromatic heterocycles. The van der Waals surface area contributed by atoms with Crippen LogP contribution in [0.1, 0.15) is 41.3 Å². The zero-order chi connectivity index (χ0) is 24.7. The largest absolute Gasteiger partial charge is 0.293 e. The van der Waals surface area contributed by atoms with Gasteiger partial charge in [-0.1, -0.05) is 55.2 Å². The molecule has 176 valence electrons. The normalized spacial score (nSPS) is 14.4. The molecule has 1 heterocycles. The number of amides is 3. The number of hydrogen-bond acceptors (Lipinski definition) is 7. The van der Waals surface area contributed by atoms with Crippen LogP contribution < -0.4 is 10.9 Å². The Bertz CT molecular complexity index is 1150. The molecule has 1 aliphatic heterocycles. The van der Waals surface area contributed by atoms with Crippen LogP contribution in [0.5, 0.6) is 0 Å². The first-order valence-corrected chi connectivity index (χ1v) is 11.7. The van der Waals surface area contributed by atoms with Gasteiger partial charge in [0.2, 0.25) is 5.91 Å². The molecule has 0 bridgehead atoms. The van der Waals surface area contributed by atoms with Crippen LogP contribution in [-0.4, -0.2) is 38.4 Å². The van der Waals surface area contributed by atoms with E-state index in [2.05, 4.69) is 17.8 Å². The minimum Gasteiger partial charge on any atom is -0.293 e. The van der Waals surface area contributed by atoms with E-state index in [4.69, 9.17) is 12.2 Å². The number of hydrogen-bond donors (Lipinski definition) is 2. The second-order valence-corrected chi connectivity index (χ2v) is 9.01. The maximum absolute atomic E-state index is 12.7. The summed E-state index contributed by atoms with van der Waals surface area (Å²) in [6.45, 7) is 2.35. The van der Waals surface area contributed by atoms with Crippen molar-refractivity contribution in [3.63, 3.8) is 0 Å². The molecule has 34 heavy (non-hydrogen) atoms. The summed E-state index contributed by atoms with van der Waals surface area (Å²) in [7, 11) is 0. The SMILES string of the molecule is CCc1ccc(/C=C2/SC(=S)N(CCCC(=O)NNC(=O)c3ccc([N+](=O)[O-])cc3)C2=O)cc1. The summed E-state index contributed by atoms with van der Waals surface area (Å²) in [5, 5.41) is 10.7. The van der Waals surface area contributed by atoms with E-state index in [-0.39, 0.29) is 30.1 Å². The quantitative estimate of drug-likeness (QED) is 0.247. The van der Waals surface area contributed by atoms with Crippen molar-refractivity contribution in [1.29, 1.82) is 0 Å². The van der Waals surface area contributed by atoms with Gasteiger partial charge in [-0.05, 0) is 42.2 Å².